The highest BCUT2D eigenvalue weighted by molar-refractivity contribution is 5.82. The van der Waals surface area contributed by atoms with Gasteiger partial charge in [0.15, 0.2) is 0 Å². The second-order valence-corrected chi connectivity index (χ2v) is 5.20. The van der Waals surface area contributed by atoms with Crippen LogP contribution in [0.15, 0.2) is 48.5 Å². The first-order chi connectivity index (χ1) is 10.2. The molecule has 1 atom stereocenters. The summed E-state index contributed by atoms with van der Waals surface area (Å²) in [5.74, 6) is -0.201. The molecule has 0 saturated heterocycles. The van der Waals surface area contributed by atoms with Gasteiger partial charge in [0.25, 0.3) is 0 Å². The summed E-state index contributed by atoms with van der Waals surface area (Å²) in [6.45, 7) is 0. The maximum Gasteiger partial charge on any atom is 0.123 e. The first-order valence-corrected chi connectivity index (χ1v) is 7.02. The molecule has 3 rings (SSSR count). The van der Waals surface area contributed by atoms with Crippen LogP contribution >= 0.6 is 0 Å². The average Bonchev–Trinajstić information content (AvgIpc) is 2.83. The van der Waals surface area contributed by atoms with E-state index in [0.29, 0.717) is 6.42 Å². The molecule has 21 heavy (non-hydrogen) atoms. The Bertz CT molecular complexity index is 764. The monoisotopic (exact) mass is 283 g/mol. The standard InChI is InChI=1S/C17H18FN3/c1-19-15(11-12-6-5-7-13(18)10-12)17-14-8-3-4-9-16(14)21(2)20-17/h3-10,15,19H,11H2,1-2H3. The molecule has 1 aromatic heterocycles. The van der Waals surface area contributed by atoms with E-state index in [9.17, 15) is 4.39 Å². The van der Waals surface area contributed by atoms with Crippen LogP contribution in [0.4, 0.5) is 4.39 Å². The number of hydrogen-bond donors (Lipinski definition) is 1. The van der Waals surface area contributed by atoms with Crippen molar-refractivity contribution in [2.24, 2.45) is 7.05 Å². The highest BCUT2D eigenvalue weighted by Crippen LogP contribution is 2.25. The van der Waals surface area contributed by atoms with E-state index in [1.165, 1.54) is 6.07 Å². The van der Waals surface area contributed by atoms with Gasteiger partial charge in [0.1, 0.15) is 5.82 Å². The van der Waals surface area contributed by atoms with Crippen molar-refractivity contribution < 1.29 is 4.39 Å². The number of aryl methyl sites for hydroxylation is 1. The lowest BCUT2D eigenvalue weighted by Gasteiger charge is -2.14. The Balaban J connectivity index is 1.99. The first-order valence-electron chi connectivity index (χ1n) is 7.02. The summed E-state index contributed by atoms with van der Waals surface area (Å²) in [5.41, 5.74) is 3.07. The highest BCUT2D eigenvalue weighted by atomic mass is 19.1. The molecule has 0 bridgehead atoms. The quantitative estimate of drug-likeness (QED) is 0.797. The predicted molar refractivity (Wildman–Crippen MR) is 82.6 cm³/mol. The van der Waals surface area contributed by atoms with E-state index in [0.717, 1.165) is 22.2 Å². The molecule has 108 valence electrons. The van der Waals surface area contributed by atoms with E-state index in [4.69, 9.17) is 0 Å². The molecule has 0 amide bonds. The molecule has 0 fully saturated rings. The van der Waals surface area contributed by atoms with Gasteiger partial charge >= 0.3 is 0 Å². The van der Waals surface area contributed by atoms with Gasteiger partial charge in [-0.2, -0.15) is 5.10 Å². The Morgan fingerprint density at radius 3 is 2.76 bits per heavy atom. The van der Waals surface area contributed by atoms with Crippen molar-refractivity contribution in [2.45, 2.75) is 12.5 Å². The van der Waals surface area contributed by atoms with Crippen LogP contribution in [0.2, 0.25) is 0 Å². The average molecular weight is 283 g/mol. The number of benzene rings is 2. The summed E-state index contributed by atoms with van der Waals surface area (Å²) >= 11 is 0. The van der Waals surface area contributed by atoms with E-state index >= 15 is 0 Å². The molecule has 1 N–H and O–H groups in total. The fourth-order valence-electron chi connectivity index (χ4n) is 2.73. The van der Waals surface area contributed by atoms with Crippen molar-refractivity contribution in [3.8, 4) is 0 Å². The first kappa shape index (κ1) is 13.8. The van der Waals surface area contributed by atoms with E-state index in [2.05, 4.69) is 22.5 Å². The lowest BCUT2D eigenvalue weighted by molar-refractivity contribution is 0.562. The van der Waals surface area contributed by atoms with Gasteiger partial charge in [-0.15, -0.1) is 0 Å². The number of nitrogens with one attached hydrogen (secondary N) is 1. The van der Waals surface area contributed by atoms with E-state index in [1.807, 2.05) is 37.0 Å². The number of likely N-dealkylation sites (N-methyl/N-ethyl adjacent to an activating group) is 1. The van der Waals surface area contributed by atoms with E-state index < -0.39 is 0 Å². The van der Waals surface area contributed by atoms with Crippen molar-refractivity contribution in [3.63, 3.8) is 0 Å². The smallest absolute Gasteiger partial charge is 0.123 e. The van der Waals surface area contributed by atoms with Crippen LogP contribution in [0.3, 0.4) is 0 Å². The van der Waals surface area contributed by atoms with Crippen molar-refractivity contribution in [1.29, 1.82) is 0 Å². The Morgan fingerprint density at radius 2 is 2.00 bits per heavy atom. The maximum atomic E-state index is 13.3. The van der Waals surface area contributed by atoms with E-state index in [-0.39, 0.29) is 11.9 Å². The third kappa shape index (κ3) is 2.67. The van der Waals surface area contributed by atoms with Crippen molar-refractivity contribution in [3.05, 3.63) is 65.6 Å². The highest BCUT2D eigenvalue weighted by Gasteiger charge is 2.18. The Labute approximate surface area is 123 Å². The Hall–Kier alpha value is -2.20. The molecule has 1 heterocycles. The largest absolute Gasteiger partial charge is 0.311 e. The Morgan fingerprint density at radius 1 is 1.19 bits per heavy atom. The zero-order chi connectivity index (χ0) is 14.8. The maximum absolute atomic E-state index is 13.3. The number of hydrogen-bond acceptors (Lipinski definition) is 2. The van der Waals surface area contributed by atoms with Gasteiger partial charge in [0.2, 0.25) is 0 Å². The number of para-hydroxylation sites is 1. The second kappa shape index (κ2) is 5.66. The minimum absolute atomic E-state index is 0.0536. The third-order valence-electron chi connectivity index (χ3n) is 3.79. The molecule has 3 aromatic rings. The molecule has 0 aliphatic heterocycles. The van der Waals surface area contributed by atoms with Gasteiger partial charge in [-0.25, -0.2) is 4.39 Å². The number of rotatable bonds is 4. The fraction of sp³-hybridized carbons (Fsp3) is 0.235. The Kier molecular flexibility index (Phi) is 3.71. The molecule has 0 aliphatic carbocycles. The van der Waals surface area contributed by atoms with Crippen molar-refractivity contribution in [1.82, 2.24) is 15.1 Å². The minimum atomic E-state index is -0.201. The zero-order valence-corrected chi connectivity index (χ0v) is 12.2. The molecule has 2 aromatic carbocycles. The number of nitrogens with zero attached hydrogens (tertiary/aromatic N) is 2. The van der Waals surface area contributed by atoms with Crippen LogP contribution in [0.1, 0.15) is 17.3 Å². The van der Waals surface area contributed by atoms with Crippen LogP contribution in [0.25, 0.3) is 10.9 Å². The second-order valence-electron chi connectivity index (χ2n) is 5.20. The SMILES string of the molecule is CNC(Cc1cccc(F)c1)c1nn(C)c2ccccc12. The third-order valence-corrected chi connectivity index (χ3v) is 3.79. The van der Waals surface area contributed by atoms with Gasteiger partial charge in [0, 0.05) is 12.4 Å². The van der Waals surface area contributed by atoms with Crippen LogP contribution < -0.4 is 5.32 Å². The summed E-state index contributed by atoms with van der Waals surface area (Å²) in [6.07, 6.45) is 0.704. The molecular weight excluding hydrogens is 265 g/mol. The van der Waals surface area contributed by atoms with Gasteiger partial charge in [0.05, 0.1) is 17.3 Å². The molecule has 4 heteroatoms. The molecule has 1 unspecified atom stereocenters. The number of fused-ring (bicyclic) bond motifs is 1. The van der Waals surface area contributed by atoms with E-state index in [1.54, 1.807) is 12.1 Å². The summed E-state index contributed by atoms with van der Waals surface area (Å²) in [5, 5.41) is 9.07. The van der Waals surface area contributed by atoms with Crippen molar-refractivity contribution >= 4 is 10.9 Å². The molecule has 0 spiro atoms. The molecular formula is C17H18FN3. The topological polar surface area (TPSA) is 29.9 Å². The normalized spacial score (nSPS) is 12.7. The summed E-state index contributed by atoms with van der Waals surface area (Å²) in [7, 11) is 3.86. The van der Waals surface area contributed by atoms with Gasteiger partial charge in [-0.3, -0.25) is 4.68 Å². The van der Waals surface area contributed by atoms with Crippen LogP contribution in [-0.4, -0.2) is 16.8 Å². The zero-order valence-electron chi connectivity index (χ0n) is 12.2. The molecule has 0 saturated carbocycles. The van der Waals surface area contributed by atoms with Crippen LogP contribution in [0.5, 0.6) is 0 Å². The molecule has 0 radical (unpaired) electrons. The minimum Gasteiger partial charge on any atom is -0.311 e. The van der Waals surface area contributed by atoms with Crippen LogP contribution in [-0.2, 0) is 13.5 Å². The molecule has 3 nitrogen and oxygen atoms in total. The molecule has 0 aliphatic rings. The summed E-state index contributed by atoms with van der Waals surface area (Å²) in [6, 6.07) is 14.9. The number of aromatic nitrogens is 2. The predicted octanol–water partition coefficient (Wildman–Crippen LogP) is 3.22. The lowest BCUT2D eigenvalue weighted by atomic mass is 10.0. The van der Waals surface area contributed by atoms with Gasteiger partial charge in [-0.05, 0) is 37.2 Å². The summed E-state index contributed by atoms with van der Waals surface area (Å²) in [4.78, 5) is 0. The van der Waals surface area contributed by atoms with Gasteiger partial charge in [-0.1, -0.05) is 30.3 Å². The van der Waals surface area contributed by atoms with Gasteiger partial charge < -0.3 is 5.32 Å². The lowest BCUT2D eigenvalue weighted by Crippen LogP contribution is -2.20. The fourth-order valence-corrected chi connectivity index (χ4v) is 2.73. The number of halogens is 1. The van der Waals surface area contributed by atoms with Crippen molar-refractivity contribution in [2.75, 3.05) is 7.05 Å². The summed E-state index contributed by atoms with van der Waals surface area (Å²) < 4.78 is 15.2. The van der Waals surface area contributed by atoms with Crippen LogP contribution in [0, 0.1) is 5.82 Å².